The summed E-state index contributed by atoms with van der Waals surface area (Å²) >= 11 is 14.1. The first kappa shape index (κ1) is 19.2. The first-order chi connectivity index (χ1) is 13.5. The molecule has 0 saturated carbocycles. The monoisotopic (exact) mass is 437 g/mol. The molecule has 1 aliphatic heterocycles. The fourth-order valence-corrected chi connectivity index (χ4v) is 4.20. The summed E-state index contributed by atoms with van der Waals surface area (Å²) in [7, 11) is 3.15. The number of hydrogen-bond donors (Lipinski definition) is 1. The minimum atomic E-state index is 0.0532. The molecule has 0 bridgehead atoms. The van der Waals surface area contributed by atoms with Crippen LogP contribution in [0.25, 0.3) is 10.9 Å². The average Bonchev–Trinajstić information content (AvgIpc) is 2.91. The highest BCUT2D eigenvalue weighted by molar-refractivity contribution is 8.00. The maximum absolute atomic E-state index is 10.9. The number of fused-ring (bicyclic) bond motifs is 1. The van der Waals surface area contributed by atoms with Crippen molar-refractivity contribution < 1.29 is 14.6 Å². The van der Waals surface area contributed by atoms with Crippen LogP contribution in [-0.2, 0) is 0 Å². The molecule has 0 aliphatic carbocycles. The van der Waals surface area contributed by atoms with Crippen molar-refractivity contribution in [2.75, 3.05) is 25.7 Å². The highest BCUT2D eigenvalue weighted by Crippen LogP contribution is 2.48. The Labute approximate surface area is 176 Å². The lowest BCUT2D eigenvalue weighted by Gasteiger charge is -2.28. The number of aromatic nitrogens is 1. The molecule has 4 rings (SSSR count). The van der Waals surface area contributed by atoms with Gasteiger partial charge in [0.15, 0.2) is 17.2 Å². The molecular weight excluding hydrogens is 421 g/mol. The van der Waals surface area contributed by atoms with Crippen LogP contribution in [0.1, 0.15) is 6.04 Å². The molecule has 0 radical (unpaired) electrons. The largest absolute Gasteiger partial charge is 0.493 e. The Hall–Kier alpha value is -2.09. The van der Waals surface area contributed by atoms with E-state index >= 15 is 0 Å². The van der Waals surface area contributed by atoms with Gasteiger partial charge in [0.25, 0.3) is 0 Å². The Bertz CT molecular complexity index is 1080. The zero-order valence-corrected chi connectivity index (χ0v) is 17.5. The van der Waals surface area contributed by atoms with Crippen LogP contribution in [0, 0.1) is 0 Å². The Morgan fingerprint density at radius 1 is 1.11 bits per heavy atom. The maximum Gasteiger partial charge on any atom is 0.221 e. The molecule has 2 heterocycles. The summed E-state index contributed by atoms with van der Waals surface area (Å²) in [6, 6.07) is 8.96. The third-order valence-corrected chi connectivity index (χ3v) is 6.68. The van der Waals surface area contributed by atoms with Gasteiger partial charge in [-0.2, -0.15) is 11.8 Å². The molecule has 0 atom stereocenters. The third-order valence-electron chi connectivity index (χ3n) is 4.63. The maximum atomic E-state index is 10.9. The topological polar surface area (TPSA) is 68.3 Å². The van der Waals surface area contributed by atoms with E-state index in [1.165, 1.54) is 0 Å². The van der Waals surface area contributed by atoms with Gasteiger partial charge in [0.2, 0.25) is 5.88 Å². The minimum Gasteiger partial charge on any atom is -0.493 e. The zero-order valence-electron chi connectivity index (χ0n) is 15.1. The van der Waals surface area contributed by atoms with Gasteiger partial charge < -0.3 is 19.1 Å². The van der Waals surface area contributed by atoms with Crippen molar-refractivity contribution in [2.45, 2.75) is 6.04 Å². The van der Waals surface area contributed by atoms with E-state index in [9.17, 15) is 5.11 Å². The van der Waals surface area contributed by atoms with E-state index in [4.69, 9.17) is 32.7 Å². The van der Waals surface area contributed by atoms with Crippen molar-refractivity contribution in [1.29, 1.82) is 0 Å². The molecule has 9 heteroatoms. The second-order valence-corrected chi connectivity index (χ2v) is 8.09. The Morgan fingerprint density at radius 2 is 1.82 bits per heavy atom. The van der Waals surface area contributed by atoms with E-state index in [1.807, 2.05) is 22.4 Å². The van der Waals surface area contributed by atoms with E-state index in [1.54, 1.807) is 38.5 Å². The molecule has 0 amide bonds. The minimum absolute atomic E-state index is 0.0532. The van der Waals surface area contributed by atoms with Gasteiger partial charge in [0.05, 0.1) is 35.8 Å². The number of rotatable bonds is 5. The molecular formula is C19H17Cl2N3O3S. The number of aromatic hydroxyl groups is 1. The van der Waals surface area contributed by atoms with E-state index in [0.29, 0.717) is 38.3 Å². The SMILES string of the molecule is COc1cc2c(N=Nc3cccc(Cl)c3Cl)c(O)n(C3CSC3)c2cc1OC. The van der Waals surface area contributed by atoms with Crippen molar-refractivity contribution in [2.24, 2.45) is 10.2 Å². The van der Waals surface area contributed by atoms with Gasteiger partial charge in [-0.1, -0.05) is 29.3 Å². The van der Waals surface area contributed by atoms with Crippen LogP contribution in [0.4, 0.5) is 11.4 Å². The fourth-order valence-electron chi connectivity index (χ4n) is 3.12. The molecule has 146 valence electrons. The summed E-state index contributed by atoms with van der Waals surface area (Å²) in [6.45, 7) is 0. The molecule has 3 aromatic rings. The predicted molar refractivity (Wildman–Crippen MR) is 114 cm³/mol. The Kier molecular flexibility index (Phi) is 5.31. The van der Waals surface area contributed by atoms with Crippen LogP contribution in [0.5, 0.6) is 17.4 Å². The summed E-state index contributed by atoms with van der Waals surface area (Å²) in [5.41, 5.74) is 1.59. The van der Waals surface area contributed by atoms with Gasteiger partial charge in [-0.15, -0.1) is 10.2 Å². The second kappa shape index (κ2) is 7.73. The van der Waals surface area contributed by atoms with Gasteiger partial charge in [-0.3, -0.25) is 0 Å². The van der Waals surface area contributed by atoms with Gasteiger partial charge >= 0.3 is 0 Å². The molecule has 1 saturated heterocycles. The summed E-state index contributed by atoms with van der Waals surface area (Å²) in [5.74, 6) is 3.03. The standard InChI is InChI=1S/C19H17Cl2N3O3S/c1-26-15-6-11-14(7-16(15)27-2)24(10-8-28-9-10)19(25)18(11)23-22-13-5-3-4-12(20)17(13)21/h3-7,10,25H,8-9H2,1-2H3. The number of halogens is 2. The highest BCUT2D eigenvalue weighted by Gasteiger charge is 2.28. The Balaban J connectivity index is 1.90. The van der Waals surface area contributed by atoms with Gasteiger partial charge in [0, 0.05) is 23.0 Å². The summed E-state index contributed by atoms with van der Waals surface area (Å²) < 4.78 is 12.7. The molecule has 1 aromatic heterocycles. The first-order valence-electron chi connectivity index (χ1n) is 8.47. The predicted octanol–water partition coefficient (Wildman–Crippen LogP) is 6.37. The Morgan fingerprint density at radius 3 is 2.46 bits per heavy atom. The number of ether oxygens (including phenoxy) is 2. The van der Waals surface area contributed by atoms with E-state index < -0.39 is 0 Å². The van der Waals surface area contributed by atoms with E-state index in [-0.39, 0.29) is 11.9 Å². The van der Waals surface area contributed by atoms with Gasteiger partial charge in [-0.05, 0) is 18.2 Å². The molecule has 6 nitrogen and oxygen atoms in total. The average molecular weight is 438 g/mol. The van der Waals surface area contributed by atoms with Crippen molar-refractivity contribution in [3.8, 4) is 17.4 Å². The summed E-state index contributed by atoms with van der Waals surface area (Å²) in [5, 5.41) is 20.9. The molecule has 28 heavy (non-hydrogen) atoms. The van der Waals surface area contributed by atoms with Crippen molar-refractivity contribution in [3.05, 3.63) is 40.4 Å². The third kappa shape index (κ3) is 3.17. The second-order valence-electron chi connectivity index (χ2n) is 6.23. The molecule has 1 N–H and O–H groups in total. The van der Waals surface area contributed by atoms with Crippen LogP contribution in [0.2, 0.25) is 10.0 Å². The molecule has 1 fully saturated rings. The normalized spacial score (nSPS) is 14.6. The van der Waals surface area contributed by atoms with Crippen molar-refractivity contribution in [1.82, 2.24) is 4.57 Å². The van der Waals surface area contributed by atoms with Crippen LogP contribution < -0.4 is 9.47 Å². The van der Waals surface area contributed by atoms with Crippen LogP contribution >= 0.6 is 35.0 Å². The van der Waals surface area contributed by atoms with Crippen LogP contribution in [-0.4, -0.2) is 35.4 Å². The van der Waals surface area contributed by atoms with Crippen LogP contribution in [0.3, 0.4) is 0 Å². The van der Waals surface area contributed by atoms with Gasteiger partial charge in [-0.25, -0.2) is 0 Å². The van der Waals surface area contributed by atoms with Crippen LogP contribution in [0.15, 0.2) is 40.6 Å². The summed E-state index contributed by atoms with van der Waals surface area (Å²) in [4.78, 5) is 0. The lowest BCUT2D eigenvalue weighted by Crippen LogP contribution is -2.22. The quantitative estimate of drug-likeness (QED) is 0.470. The highest BCUT2D eigenvalue weighted by atomic mass is 35.5. The van der Waals surface area contributed by atoms with Crippen molar-refractivity contribution in [3.63, 3.8) is 0 Å². The molecule has 1 aliphatic rings. The van der Waals surface area contributed by atoms with E-state index in [2.05, 4.69) is 10.2 Å². The number of methoxy groups -OCH3 is 2. The number of benzene rings is 2. The molecule has 0 spiro atoms. The van der Waals surface area contributed by atoms with Crippen molar-refractivity contribution >= 4 is 57.2 Å². The van der Waals surface area contributed by atoms with Gasteiger partial charge in [0.1, 0.15) is 5.69 Å². The first-order valence-corrected chi connectivity index (χ1v) is 10.4. The molecule has 0 unspecified atom stereocenters. The van der Waals surface area contributed by atoms with E-state index in [0.717, 1.165) is 17.0 Å². The smallest absolute Gasteiger partial charge is 0.221 e. The lowest BCUT2D eigenvalue weighted by atomic mass is 10.2. The number of azo groups is 1. The molecule has 2 aromatic carbocycles. The zero-order chi connectivity index (χ0) is 19.8. The number of thioether (sulfide) groups is 1. The lowest BCUT2D eigenvalue weighted by molar-refractivity contribution is 0.355. The number of nitrogens with zero attached hydrogens (tertiary/aromatic N) is 3. The number of hydrogen-bond acceptors (Lipinski definition) is 6. The fraction of sp³-hybridized carbons (Fsp3) is 0.263. The summed E-state index contributed by atoms with van der Waals surface area (Å²) in [6.07, 6.45) is 0.